The maximum absolute atomic E-state index is 5.61. The van der Waals surface area contributed by atoms with Gasteiger partial charge in [0.05, 0.1) is 19.8 Å². The molecule has 5 nitrogen and oxygen atoms in total. The van der Waals surface area contributed by atoms with Gasteiger partial charge in [-0.1, -0.05) is 25.1 Å². The molecule has 2 aromatic rings. The van der Waals surface area contributed by atoms with Gasteiger partial charge in [-0.25, -0.2) is 0 Å². The lowest BCUT2D eigenvalue weighted by atomic mass is 10.1. The van der Waals surface area contributed by atoms with Crippen LogP contribution >= 0.6 is 0 Å². The van der Waals surface area contributed by atoms with Crippen molar-refractivity contribution < 1.29 is 14.0 Å². The zero-order chi connectivity index (χ0) is 17.8. The van der Waals surface area contributed by atoms with Crippen LogP contribution < -0.4 is 9.47 Å². The van der Waals surface area contributed by atoms with Crippen LogP contribution in [0.3, 0.4) is 0 Å². The fraction of sp³-hybridized carbons (Fsp3) is 0.550. The summed E-state index contributed by atoms with van der Waals surface area (Å²) >= 11 is 0. The number of aromatic nitrogens is 1. The van der Waals surface area contributed by atoms with Crippen LogP contribution in [-0.4, -0.2) is 30.3 Å². The van der Waals surface area contributed by atoms with Crippen molar-refractivity contribution >= 4 is 0 Å². The normalized spacial score (nSPS) is 18.0. The molecule has 2 heterocycles. The molecule has 1 saturated heterocycles. The topological polar surface area (TPSA) is 47.7 Å². The molecule has 5 heteroatoms. The first kappa shape index (κ1) is 17.8. The molecule has 0 radical (unpaired) electrons. The molecule has 1 atom stereocenters. The Kier molecular flexibility index (Phi) is 5.63. The molecule has 25 heavy (non-hydrogen) atoms. The number of hydrogen-bond acceptors (Lipinski definition) is 5. The van der Waals surface area contributed by atoms with Gasteiger partial charge in [0.2, 0.25) is 0 Å². The predicted molar refractivity (Wildman–Crippen MR) is 97.1 cm³/mol. The molecule has 0 N–H and O–H groups in total. The summed E-state index contributed by atoms with van der Waals surface area (Å²) in [6, 6.07) is 8.63. The molecule has 1 aromatic heterocycles. The van der Waals surface area contributed by atoms with Gasteiger partial charge < -0.3 is 14.0 Å². The summed E-state index contributed by atoms with van der Waals surface area (Å²) in [6.07, 6.45) is 2.31. The highest BCUT2D eigenvalue weighted by Crippen LogP contribution is 2.35. The number of rotatable bonds is 7. The molecular formula is C20H28N2O3. The highest BCUT2D eigenvalue weighted by atomic mass is 16.5. The summed E-state index contributed by atoms with van der Waals surface area (Å²) in [5.41, 5.74) is 2.28. The molecule has 0 bridgehead atoms. The van der Waals surface area contributed by atoms with E-state index in [4.69, 9.17) is 14.0 Å². The van der Waals surface area contributed by atoms with Crippen LogP contribution in [0.25, 0.3) is 0 Å². The average Bonchev–Trinajstić information content (AvgIpc) is 3.25. The predicted octanol–water partition coefficient (Wildman–Crippen LogP) is 4.54. The van der Waals surface area contributed by atoms with E-state index in [0.29, 0.717) is 18.6 Å². The summed E-state index contributed by atoms with van der Waals surface area (Å²) in [5, 5.41) is 4.32. The number of likely N-dealkylation sites (tertiary alicyclic amines) is 1. The third-order valence-electron chi connectivity index (χ3n) is 4.73. The highest BCUT2D eigenvalue weighted by Gasteiger charge is 2.29. The van der Waals surface area contributed by atoms with Crippen LogP contribution in [-0.2, 0) is 6.54 Å². The van der Waals surface area contributed by atoms with E-state index >= 15 is 0 Å². The van der Waals surface area contributed by atoms with Crippen molar-refractivity contribution in [2.45, 2.75) is 52.1 Å². The van der Waals surface area contributed by atoms with E-state index in [1.54, 1.807) is 7.11 Å². The zero-order valence-corrected chi connectivity index (χ0v) is 15.6. The van der Waals surface area contributed by atoms with Crippen molar-refractivity contribution in [3.8, 4) is 11.5 Å². The third-order valence-corrected chi connectivity index (χ3v) is 4.73. The van der Waals surface area contributed by atoms with E-state index in [-0.39, 0.29) is 0 Å². The molecule has 136 valence electrons. The van der Waals surface area contributed by atoms with Gasteiger partial charge in [-0.3, -0.25) is 4.90 Å². The molecule has 1 fully saturated rings. The summed E-state index contributed by atoms with van der Waals surface area (Å²) in [4.78, 5) is 2.47. The molecule has 3 rings (SSSR count). The SMILES string of the molecule is CCOc1ccc(CN2CCC[C@@H]2c2cc(C(C)C)on2)cc1OC. The van der Waals surface area contributed by atoms with Gasteiger partial charge in [0.15, 0.2) is 11.5 Å². The molecule has 1 aromatic carbocycles. The van der Waals surface area contributed by atoms with Crippen molar-refractivity contribution in [3.05, 3.63) is 41.3 Å². The Balaban J connectivity index is 1.74. The molecule has 0 unspecified atom stereocenters. The van der Waals surface area contributed by atoms with Gasteiger partial charge >= 0.3 is 0 Å². The Hall–Kier alpha value is -2.01. The van der Waals surface area contributed by atoms with E-state index in [1.165, 1.54) is 12.0 Å². The third kappa shape index (κ3) is 3.98. The zero-order valence-electron chi connectivity index (χ0n) is 15.6. The number of nitrogens with zero attached hydrogens (tertiary/aromatic N) is 2. The summed E-state index contributed by atoms with van der Waals surface area (Å²) in [6.45, 7) is 8.81. The Morgan fingerprint density at radius 2 is 2.12 bits per heavy atom. The first-order valence-electron chi connectivity index (χ1n) is 9.12. The van der Waals surface area contributed by atoms with Crippen LogP contribution in [0.15, 0.2) is 28.8 Å². The minimum absolute atomic E-state index is 0.328. The second-order valence-electron chi connectivity index (χ2n) is 6.86. The van der Waals surface area contributed by atoms with E-state index < -0.39 is 0 Å². The molecular weight excluding hydrogens is 316 g/mol. The van der Waals surface area contributed by atoms with Crippen molar-refractivity contribution in [1.82, 2.24) is 10.1 Å². The van der Waals surface area contributed by atoms with Crippen molar-refractivity contribution in [3.63, 3.8) is 0 Å². The Labute approximate surface area is 149 Å². The number of hydrogen-bond donors (Lipinski definition) is 0. The van der Waals surface area contributed by atoms with Gasteiger partial charge in [0, 0.05) is 18.5 Å². The standard InChI is InChI=1S/C20H28N2O3/c1-5-24-18-9-8-15(11-20(18)23-4)13-22-10-6-7-17(22)16-12-19(14(2)3)25-21-16/h8-9,11-12,14,17H,5-7,10,13H2,1-4H3/t17-/m1/s1. The molecule has 0 amide bonds. The smallest absolute Gasteiger partial charge is 0.161 e. The maximum Gasteiger partial charge on any atom is 0.161 e. The molecule has 0 spiro atoms. The number of ether oxygens (including phenoxy) is 2. The summed E-state index contributed by atoms with van der Waals surface area (Å²) < 4.78 is 16.6. The van der Waals surface area contributed by atoms with Crippen LogP contribution in [0.1, 0.15) is 62.6 Å². The van der Waals surface area contributed by atoms with Gasteiger partial charge in [0.25, 0.3) is 0 Å². The van der Waals surface area contributed by atoms with Crippen LogP contribution in [0, 0.1) is 0 Å². The molecule has 0 aliphatic carbocycles. The average molecular weight is 344 g/mol. The van der Waals surface area contributed by atoms with Crippen molar-refractivity contribution in [2.24, 2.45) is 0 Å². The Bertz CT molecular complexity index is 696. The Morgan fingerprint density at radius 1 is 1.28 bits per heavy atom. The quantitative estimate of drug-likeness (QED) is 0.738. The number of methoxy groups -OCH3 is 1. The minimum Gasteiger partial charge on any atom is -0.493 e. The lowest BCUT2D eigenvalue weighted by molar-refractivity contribution is 0.235. The van der Waals surface area contributed by atoms with Crippen molar-refractivity contribution in [1.29, 1.82) is 0 Å². The lowest BCUT2D eigenvalue weighted by Gasteiger charge is -2.23. The van der Waals surface area contributed by atoms with Gasteiger partial charge in [-0.15, -0.1) is 0 Å². The molecule has 1 aliphatic rings. The monoisotopic (exact) mass is 344 g/mol. The van der Waals surface area contributed by atoms with E-state index in [9.17, 15) is 0 Å². The van der Waals surface area contributed by atoms with Gasteiger partial charge in [0.1, 0.15) is 11.5 Å². The molecule has 0 saturated carbocycles. The van der Waals surface area contributed by atoms with Gasteiger partial charge in [-0.2, -0.15) is 0 Å². The van der Waals surface area contributed by atoms with Gasteiger partial charge in [-0.05, 0) is 44.0 Å². The largest absolute Gasteiger partial charge is 0.493 e. The van der Waals surface area contributed by atoms with E-state index in [0.717, 1.165) is 42.5 Å². The second-order valence-corrected chi connectivity index (χ2v) is 6.86. The maximum atomic E-state index is 5.61. The Morgan fingerprint density at radius 3 is 2.80 bits per heavy atom. The first-order chi connectivity index (χ1) is 12.1. The second kappa shape index (κ2) is 7.91. The van der Waals surface area contributed by atoms with E-state index in [2.05, 4.69) is 42.1 Å². The fourth-order valence-corrected chi connectivity index (χ4v) is 3.40. The van der Waals surface area contributed by atoms with Crippen LogP contribution in [0.4, 0.5) is 0 Å². The van der Waals surface area contributed by atoms with Crippen molar-refractivity contribution in [2.75, 3.05) is 20.3 Å². The first-order valence-corrected chi connectivity index (χ1v) is 9.12. The fourth-order valence-electron chi connectivity index (χ4n) is 3.40. The number of benzene rings is 1. The van der Waals surface area contributed by atoms with E-state index in [1.807, 2.05) is 13.0 Å². The highest BCUT2D eigenvalue weighted by molar-refractivity contribution is 5.43. The summed E-state index contributed by atoms with van der Waals surface area (Å²) in [5.74, 6) is 2.92. The van der Waals surface area contributed by atoms with Crippen LogP contribution in [0.5, 0.6) is 11.5 Å². The molecule has 1 aliphatic heterocycles. The lowest BCUT2D eigenvalue weighted by Crippen LogP contribution is -2.23. The summed E-state index contributed by atoms with van der Waals surface area (Å²) in [7, 11) is 1.68. The van der Waals surface area contributed by atoms with Crippen LogP contribution in [0.2, 0.25) is 0 Å². The minimum atomic E-state index is 0.328.